The normalized spacial score (nSPS) is 17.0. The van der Waals surface area contributed by atoms with Crippen LogP contribution in [0.2, 0.25) is 0 Å². The van der Waals surface area contributed by atoms with Crippen molar-refractivity contribution in [3.8, 4) is 16.9 Å². The third-order valence-corrected chi connectivity index (χ3v) is 7.93. The van der Waals surface area contributed by atoms with Gasteiger partial charge in [0.1, 0.15) is 5.75 Å². The largest absolute Gasteiger partial charge is 0.496 e. The molecule has 6 heteroatoms. The number of anilines is 1. The van der Waals surface area contributed by atoms with E-state index in [1.165, 1.54) is 31.2 Å². The molecule has 0 atom stereocenters. The van der Waals surface area contributed by atoms with Gasteiger partial charge in [0.25, 0.3) is 5.91 Å². The molecule has 1 aliphatic heterocycles. The van der Waals surface area contributed by atoms with E-state index in [9.17, 15) is 9.59 Å². The van der Waals surface area contributed by atoms with Gasteiger partial charge in [0.2, 0.25) is 5.91 Å². The number of hydrogen-bond acceptors (Lipinski definition) is 4. The number of nitrogens with two attached hydrogens (primary N) is 1. The van der Waals surface area contributed by atoms with E-state index in [2.05, 4.69) is 16.3 Å². The van der Waals surface area contributed by atoms with Crippen molar-refractivity contribution in [3.05, 3.63) is 83.4 Å². The summed E-state index contributed by atoms with van der Waals surface area (Å²) in [5.41, 5.74) is 10.2. The Kier molecular flexibility index (Phi) is 7.56. The molecule has 3 aromatic carbocycles. The van der Waals surface area contributed by atoms with E-state index >= 15 is 0 Å². The Hall–Kier alpha value is -3.64. The average molecular weight is 498 g/mol. The molecule has 2 amide bonds. The zero-order chi connectivity index (χ0) is 25.8. The first-order valence-corrected chi connectivity index (χ1v) is 13.3. The first-order chi connectivity index (χ1) is 18.0. The van der Waals surface area contributed by atoms with Crippen molar-refractivity contribution in [1.82, 2.24) is 4.90 Å². The van der Waals surface area contributed by atoms with Crippen molar-refractivity contribution in [3.63, 3.8) is 0 Å². The van der Waals surface area contributed by atoms with E-state index in [-0.39, 0.29) is 5.91 Å². The molecular weight excluding hydrogens is 462 g/mol. The number of amides is 2. The molecule has 192 valence electrons. The molecule has 37 heavy (non-hydrogen) atoms. The molecular formula is C31H35N3O3. The number of piperidine rings is 1. The van der Waals surface area contributed by atoms with Crippen LogP contribution in [0.4, 0.5) is 5.69 Å². The molecule has 1 saturated carbocycles. The molecule has 1 saturated heterocycles. The number of likely N-dealkylation sites (tertiary alicyclic amines) is 1. The summed E-state index contributed by atoms with van der Waals surface area (Å²) in [6.07, 6.45) is 7.65. The Morgan fingerprint density at radius 3 is 2.27 bits per heavy atom. The second kappa shape index (κ2) is 11.2. The van der Waals surface area contributed by atoms with Crippen molar-refractivity contribution >= 4 is 17.5 Å². The van der Waals surface area contributed by atoms with Crippen LogP contribution < -0.4 is 15.8 Å². The summed E-state index contributed by atoms with van der Waals surface area (Å²) < 4.78 is 5.69. The first kappa shape index (κ1) is 25.0. The molecule has 1 aliphatic carbocycles. The maximum absolute atomic E-state index is 13.0. The van der Waals surface area contributed by atoms with Crippen molar-refractivity contribution in [2.45, 2.75) is 50.5 Å². The van der Waals surface area contributed by atoms with E-state index < -0.39 is 5.91 Å². The Morgan fingerprint density at radius 2 is 1.59 bits per heavy atom. The lowest BCUT2D eigenvalue weighted by molar-refractivity contribution is 0.0997. The van der Waals surface area contributed by atoms with E-state index in [0.29, 0.717) is 17.0 Å². The molecule has 3 N–H and O–H groups in total. The van der Waals surface area contributed by atoms with Crippen LogP contribution in [0.15, 0.2) is 66.7 Å². The van der Waals surface area contributed by atoms with Crippen LogP contribution >= 0.6 is 0 Å². The van der Waals surface area contributed by atoms with Gasteiger partial charge in [-0.05, 0) is 104 Å². The number of nitrogens with one attached hydrogen (secondary N) is 1. The van der Waals surface area contributed by atoms with Gasteiger partial charge < -0.3 is 20.7 Å². The summed E-state index contributed by atoms with van der Waals surface area (Å²) in [6, 6.07) is 21.2. The molecule has 0 unspecified atom stereocenters. The van der Waals surface area contributed by atoms with Gasteiger partial charge in [0.15, 0.2) is 0 Å². The summed E-state index contributed by atoms with van der Waals surface area (Å²) in [5, 5.41) is 3.06. The molecule has 0 radical (unpaired) electrons. The van der Waals surface area contributed by atoms with Crippen LogP contribution in [-0.2, 0) is 0 Å². The van der Waals surface area contributed by atoms with Crippen molar-refractivity contribution < 1.29 is 14.3 Å². The van der Waals surface area contributed by atoms with Crippen LogP contribution in [0, 0.1) is 0 Å². The Bertz CT molecular complexity index is 1260. The summed E-state index contributed by atoms with van der Waals surface area (Å²) >= 11 is 0. The minimum Gasteiger partial charge on any atom is -0.496 e. The van der Waals surface area contributed by atoms with Gasteiger partial charge in [0.05, 0.1) is 7.11 Å². The summed E-state index contributed by atoms with van der Waals surface area (Å²) in [6.45, 7) is 2.26. The predicted octanol–water partition coefficient (Wildman–Crippen LogP) is 5.84. The van der Waals surface area contributed by atoms with Crippen LogP contribution in [0.3, 0.4) is 0 Å². The molecule has 0 aromatic heterocycles. The smallest absolute Gasteiger partial charge is 0.255 e. The summed E-state index contributed by atoms with van der Waals surface area (Å²) in [5.74, 6) is 0.695. The fraction of sp³-hybridized carbons (Fsp3) is 0.355. The third-order valence-electron chi connectivity index (χ3n) is 7.93. The summed E-state index contributed by atoms with van der Waals surface area (Å²) in [4.78, 5) is 27.2. The lowest BCUT2D eigenvalue weighted by Gasteiger charge is -2.36. The number of nitrogens with zero attached hydrogens (tertiary/aromatic N) is 1. The average Bonchev–Trinajstić information content (AvgIpc) is 3.48. The molecule has 2 aliphatic rings. The lowest BCUT2D eigenvalue weighted by atomic mass is 9.87. The van der Waals surface area contributed by atoms with Crippen LogP contribution in [0.1, 0.15) is 70.7 Å². The number of carbonyl (C=O) groups excluding carboxylic acids is 2. The minimum absolute atomic E-state index is 0.162. The van der Waals surface area contributed by atoms with Gasteiger partial charge in [-0.1, -0.05) is 37.1 Å². The number of hydrogen-bond donors (Lipinski definition) is 2. The van der Waals surface area contributed by atoms with E-state index in [4.69, 9.17) is 10.5 Å². The molecule has 3 aromatic rings. The number of methoxy groups -OCH3 is 1. The maximum atomic E-state index is 13.0. The van der Waals surface area contributed by atoms with Crippen molar-refractivity contribution in [2.24, 2.45) is 5.73 Å². The number of ether oxygens (including phenoxy) is 1. The molecule has 5 rings (SSSR count). The standard InChI is InChI=1S/C31H35N3O3/c1-37-29-14-13-26(20-28(29)22-15-17-34(18-16-22)27-7-2-3-8-27)33-31(36)23-11-9-21(10-12-23)24-5-4-6-25(19-24)30(32)35/h4-6,9-14,19-20,22,27H,2-3,7-8,15-18H2,1H3,(H2,32,35)(H,33,36). The monoisotopic (exact) mass is 497 g/mol. The quantitative estimate of drug-likeness (QED) is 0.430. The van der Waals surface area contributed by atoms with Gasteiger partial charge in [-0.3, -0.25) is 9.59 Å². The highest BCUT2D eigenvalue weighted by Crippen LogP contribution is 2.38. The van der Waals surface area contributed by atoms with Gasteiger partial charge >= 0.3 is 0 Å². The highest BCUT2D eigenvalue weighted by Gasteiger charge is 2.29. The van der Waals surface area contributed by atoms with Crippen LogP contribution in [0.25, 0.3) is 11.1 Å². The minimum atomic E-state index is -0.462. The number of benzene rings is 3. The number of carbonyl (C=O) groups is 2. The summed E-state index contributed by atoms with van der Waals surface area (Å²) in [7, 11) is 1.71. The molecule has 0 spiro atoms. The molecule has 0 bridgehead atoms. The Morgan fingerprint density at radius 1 is 0.865 bits per heavy atom. The van der Waals surface area contributed by atoms with Crippen molar-refractivity contribution in [2.75, 3.05) is 25.5 Å². The topological polar surface area (TPSA) is 84.7 Å². The lowest BCUT2D eigenvalue weighted by Crippen LogP contribution is -2.39. The number of rotatable bonds is 7. The first-order valence-electron chi connectivity index (χ1n) is 13.3. The highest BCUT2D eigenvalue weighted by molar-refractivity contribution is 6.04. The zero-order valence-electron chi connectivity index (χ0n) is 21.4. The molecule has 1 heterocycles. The maximum Gasteiger partial charge on any atom is 0.255 e. The van der Waals surface area contributed by atoms with Crippen LogP contribution in [0.5, 0.6) is 5.75 Å². The van der Waals surface area contributed by atoms with Gasteiger partial charge in [-0.15, -0.1) is 0 Å². The van der Waals surface area contributed by atoms with E-state index in [0.717, 1.165) is 54.5 Å². The SMILES string of the molecule is COc1ccc(NC(=O)c2ccc(-c3cccc(C(N)=O)c3)cc2)cc1C1CCN(C2CCCC2)CC1. The Labute approximate surface area is 218 Å². The zero-order valence-corrected chi connectivity index (χ0v) is 21.4. The highest BCUT2D eigenvalue weighted by atomic mass is 16.5. The predicted molar refractivity (Wildman–Crippen MR) is 147 cm³/mol. The second-order valence-corrected chi connectivity index (χ2v) is 10.2. The van der Waals surface area contributed by atoms with E-state index in [1.54, 1.807) is 37.4 Å². The molecule has 2 fully saturated rings. The number of primary amides is 1. The molecule has 6 nitrogen and oxygen atoms in total. The van der Waals surface area contributed by atoms with Gasteiger partial charge in [-0.2, -0.15) is 0 Å². The van der Waals surface area contributed by atoms with Crippen LogP contribution in [-0.4, -0.2) is 43.0 Å². The third kappa shape index (κ3) is 5.70. The van der Waals surface area contributed by atoms with Gasteiger partial charge in [0, 0.05) is 22.9 Å². The second-order valence-electron chi connectivity index (χ2n) is 10.2. The fourth-order valence-electron chi connectivity index (χ4n) is 5.85. The Balaban J connectivity index is 1.26. The van der Waals surface area contributed by atoms with E-state index in [1.807, 2.05) is 30.3 Å². The van der Waals surface area contributed by atoms with Gasteiger partial charge in [-0.25, -0.2) is 0 Å². The fourth-order valence-corrected chi connectivity index (χ4v) is 5.85. The van der Waals surface area contributed by atoms with Crippen molar-refractivity contribution in [1.29, 1.82) is 0 Å².